The van der Waals surface area contributed by atoms with Crippen LogP contribution in [0.15, 0.2) is 22.7 Å². The van der Waals surface area contributed by atoms with Crippen LogP contribution in [-0.4, -0.2) is 12.7 Å². The maximum absolute atomic E-state index is 12.6. The van der Waals surface area contributed by atoms with Crippen LogP contribution in [0.2, 0.25) is 0 Å². The minimum atomic E-state index is -4.18. The van der Waals surface area contributed by atoms with Crippen molar-refractivity contribution < 1.29 is 17.6 Å². The molecule has 0 unspecified atom stereocenters. The molecule has 0 radical (unpaired) electrons. The molecule has 0 saturated heterocycles. The Balaban J connectivity index is 2.51. The molecule has 1 N–H and O–H groups in total. The highest BCUT2D eigenvalue weighted by Gasteiger charge is 2.26. The first-order valence-corrected chi connectivity index (χ1v) is 4.93. The molecule has 0 fully saturated rings. The Morgan fingerprint density at radius 2 is 1.93 bits per heavy atom. The molecule has 1 aromatic carbocycles. The average Bonchev–Trinajstić information content (AvgIpc) is 2.07. The predicted octanol–water partition coefficient (Wildman–Crippen LogP) is 3.95. The summed E-state index contributed by atoms with van der Waals surface area (Å²) in [6.07, 6.45) is -5.10. The van der Waals surface area contributed by atoms with Crippen molar-refractivity contribution in [3.63, 3.8) is 0 Å². The van der Waals surface area contributed by atoms with Gasteiger partial charge in [0.15, 0.2) is 0 Å². The van der Waals surface area contributed by atoms with Crippen molar-refractivity contribution in [1.82, 2.24) is 0 Å². The lowest BCUT2D eigenvalue weighted by molar-refractivity contribution is -0.131. The predicted molar refractivity (Wildman–Crippen MR) is 53.3 cm³/mol. The van der Waals surface area contributed by atoms with Gasteiger partial charge in [0.1, 0.15) is 5.82 Å². The van der Waals surface area contributed by atoms with Crippen LogP contribution in [0.3, 0.4) is 0 Å². The van der Waals surface area contributed by atoms with Crippen LogP contribution < -0.4 is 5.32 Å². The number of nitrogens with one attached hydrogen (secondary N) is 1. The molecule has 0 aromatic heterocycles. The second-order valence-corrected chi connectivity index (χ2v) is 3.77. The fraction of sp³-hybridized carbons (Fsp3) is 0.333. The van der Waals surface area contributed by atoms with Crippen LogP contribution in [0.4, 0.5) is 23.2 Å². The highest BCUT2D eigenvalue weighted by atomic mass is 79.9. The fourth-order valence-electron chi connectivity index (χ4n) is 0.972. The maximum atomic E-state index is 12.6. The Morgan fingerprint density at radius 1 is 1.27 bits per heavy atom. The van der Waals surface area contributed by atoms with Gasteiger partial charge in [-0.1, -0.05) is 0 Å². The van der Waals surface area contributed by atoms with Crippen molar-refractivity contribution in [3.8, 4) is 0 Å². The number of anilines is 1. The molecule has 0 saturated carbocycles. The quantitative estimate of drug-likeness (QED) is 0.829. The van der Waals surface area contributed by atoms with E-state index in [1.165, 1.54) is 18.2 Å². The minimum absolute atomic E-state index is 0.228. The first-order chi connectivity index (χ1) is 6.88. The van der Waals surface area contributed by atoms with Gasteiger partial charge < -0.3 is 5.32 Å². The maximum Gasteiger partial charge on any atom is 0.390 e. The van der Waals surface area contributed by atoms with E-state index in [1.807, 2.05) is 0 Å². The van der Waals surface area contributed by atoms with E-state index in [0.717, 1.165) is 0 Å². The minimum Gasteiger partial charge on any atom is -0.384 e. The van der Waals surface area contributed by atoms with Crippen LogP contribution in [0.5, 0.6) is 0 Å². The van der Waals surface area contributed by atoms with E-state index in [0.29, 0.717) is 10.2 Å². The number of rotatable bonds is 3. The van der Waals surface area contributed by atoms with Gasteiger partial charge in [0.25, 0.3) is 0 Å². The van der Waals surface area contributed by atoms with E-state index >= 15 is 0 Å². The largest absolute Gasteiger partial charge is 0.390 e. The van der Waals surface area contributed by atoms with Gasteiger partial charge in [-0.3, -0.25) is 0 Å². The van der Waals surface area contributed by atoms with Crippen LogP contribution in [-0.2, 0) is 0 Å². The van der Waals surface area contributed by atoms with Gasteiger partial charge in [0.2, 0.25) is 0 Å². The molecule has 0 heterocycles. The zero-order valence-electron chi connectivity index (χ0n) is 7.54. The van der Waals surface area contributed by atoms with E-state index in [4.69, 9.17) is 0 Å². The Hall–Kier alpha value is -0.780. The molecule has 1 nitrogen and oxygen atoms in total. The molecule has 84 valence electrons. The zero-order valence-corrected chi connectivity index (χ0v) is 9.12. The third kappa shape index (κ3) is 4.51. The molecule has 0 spiro atoms. The Bertz CT molecular complexity index is 337. The highest BCUT2D eigenvalue weighted by molar-refractivity contribution is 9.10. The van der Waals surface area contributed by atoms with Gasteiger partial charge in [0, 0.05) is 16.7 Å². The number of alkyl halides is 3. The molecule has 1 rings (SSSR count). The van der Waals surface area contributed by atoms with Gasteiger partial charge in [-0.2, -0.15) is 13.2 Å². The highest BCUT2D eigenvalue weighted by Crippen LogP contribution is 2.24. The fourth-order valence-corrected chi connectivity index (χ4v) is 1.46. The van der Waals surface area contributed by atoms with Gasteiger partial charge in [-0.05, 0) is 34.1 Å². The number of hydrogen-bond acceptors (Lipinski definition) is 1. The Labute approximate surface area is 92.6 Å². The molecule has 0 bridgehead atoms. The molecule has 0 aliphatic heterocycles. The van der Waals surface area contributed by atoms with Crippen molar-refractivity contribution >= 4 is 21.6 Å². The first-order valence-electron chi connectivity index (χ1n) is 4.14. The average molecular weight is 286 g/mol. The summed E-state index contributed by atoms with van der Waals surface area (Å²) in [6.45, 7) is -0.228. The SMILES string of the molecule is Fc1ccc(NCCC(F)(F)F)c(Br)c1. The normalized spacial score (nSPS) is 11.5. The standard InChI is InChI=1S/C9H8BrF4N/c10-7-5-6(11)1-2-8(7)15-4-3-9(12,13)14/h1-2,5,15H,3-4H2. The van der Waals surface area contributed by atoms with E-state index < -0.39 is 18.4 Å². The lowest BCUT2D eigenvalue weighted by Crippen LogP contribution is -2.14. The number of halogens is 5. The molecule has 0 aliphatic rings. The third-order valence-electron chi connectivity index (χ3n) is 1.66. The summed E-state index contributed by atoms with van der Waals surface area (Å²) in [6, 6.07) is 3.76. The van der Waals surface area contributed by atoms with E-state index in [2.05, 4.69) is 21.2 Å². The van der Waals surface area contributed by atoms with Crippen LogP contribution in [0.25, 0.3) is 0 Å². The van der Waals surface area contributed by atoms with E-state index in [9.17, 15) is 17.6 Å². The van der Waals surface area contributed by atoms with Gasteiger partial charge >= 0.3 is 6.18 Å². The number of hydrogen-bond donors (Lipinski definition) is 1. The van der Waals surface area contributed by atoms with Crippen LogP contribution in [0, 0.1) is 5.82 Å². The molecule has 0 amide bonds. The second kappa shape index (κ2) is 4.83. The summed E-state index contributed by atoms with van der Waals surface area (Å²) < 4.78 is 48.5. The lowest BCUT2D eigenvalue weighted by atomic mass is 10.3. The monoisotopic (exact) mass is 285 g/mol. The Kier molecular flexibility index (Phi) is 3.96. The van der Waals surface area contributed by atoms with Crippen molar-refractivity contribution in [3.05, 3.63) is 28.5 Å². The molecular weight excluding hydrogens is 278 g/mol. The van der Waals surface area contributed by atoms with Crippen molar-refractivity contribution in [2.24, 2.45) is 0 Å². The molecular formula is C9H8BrF4N. The zero-order chi connectivity index (χ0) is 11.5. The summed E-state index contributed by atoms with van der Waals surface area (Å²) in [7, 11) is 0. The molecule has 15 heavy (non-hydrogen) atoms. The van der Waals surface area contributed by atoms with Crippen LogP contribution >= 0.6 is 15.9 Å². The molecule has 0 aliphatic carbocycles. The summed E-state index contributed by atoms with van der Waals surface area (Å²) in [4.78, 5) is 0. The van der Waals surface area contributed by atoms with Gasteiger partial charge in [-0.15, -0.1) is 0 Å². The molecule has 6 heteroatoms. The van der Waals surface area contributed by atoms with Gasteiger partial charge in [-0.25, -0.2) is 4.39 Å². The Morgan fingerprint density at radius 3 is 2.47 bits per heavy atom. The third-order valence-corrected chi connectivity index (χ3v) is 2.31. The first kappa shape index (κ1) is 12.3. The second-order valence-electron chi connectivity index (χ2n) is 2.92. The topological polar surface area (TPSA) is 12.0 Å². The van der Waals surface area contributed by atoms with Crippen molar-refractivity contribution in [2.45, 2.75) is 12.6 Å². The summed E-state index contributed by atoms with van der Waals surface area (Å²) in [5, 5.41) is 2.56. The van der Waals surface area contributed by atoms with E-state index in [1.54, 1.807) is 0 Å². The summed E-state index contributed by atoms with van der Waals surface area (Å²) in [5.74, 6) is -0.441. The van der Waals surface area contributed by atoms with E-state index in [-0.39, 0.29) is 6.54 Å². The smallest absolute Gasteiger partial charge is 0.384 e. The molecule has 0 atom stereocenters. The van der Waals surface area contributed by atoms with Gasteiger partial charge in [0.05, 0.1) is 6.42 Å². The van der Waals surface area contributed by atoms with Crippen LogP contribution in [0.1, 0.15) is 6.42 Å². The van der Waals surface area contributed by atoms with Crippen molar-refractivity contribution in [1.29, 1.82) is 0 Å². The summed E-state index contributed by atoms with van der Waals surface area (Å²) in [5.41, 5.74) is 0.445. The molecule has 1 aromatic rings. The number of benzene rings is 1. The lowest BCUT2D eigenvalue weighted by Gasteiger charge is -2.10. The van der Waals surface area contributed by atoms with Crippen molar-refractivity contribution in [2.75, 3.05) is 11.9 Å². The summed E-state index contributed by atoms with van der Waals surface area (Å²) >= 11 is 3.04.